The third kappa shape index (κ3) is 6.28. The minimum absolute atomic E-state index is 0.0183. The zero-order valence-electron chi connectivity index (χ0n) is 18.9. The molecule has 4 aromatic rings. The molecule has 182 valence electrons. The predicted molar refractivity (Wildman–Crippen MR) is 136 cm³/mol. The number of benzene rings is 4. The molecule has 3 N–H and O–H groups in total. The monoisotopic (exact) mass is 502 g/mol. The van der Waals surface area contributed by atoms with E-state index in [0.29, 0.717) is 18.0 Å². The summed E-state index contributed by atoms with van der Waals surface area (Å²) in [5.74, 6) is -1.11. The molecule has 0 bridgehead atoms. The average Bonchev–Trinajstić information content (AvgIpc) is 2.89. The fourth-order valence-corrected chi connectivity index (χ4v) is 4.42. The van der Waals surface area contributed by atoms with Gasteiger partial charge in [0.1, 0.15) is 12.4 Å². The maximum absolute atomic E-state index is 12.9. The molecule has 0 saturated carbocycles. The van der Waals surface area contributed by atoms with Crippen LogP contribution in [0, 0.1) is 0 Å². The van der Waals surface area contributed by atoms with Crippen molar-refractivity contribution in [3.8, 4) is 5.75 Å². The highest BCUT2D eigenvalue weighted by Gasteiger charge is 2.17. The molecule has 4 aromatic carbocycles. The van der Waals surface area contributed by atoms with E-state index >= 15 is 0 Å². The van der Waals surface area contributed by atoms with Gasteiger partial charge in [0, 0.05) is 16.9 Å². The topological polar surface area (TPSA) is 122 Å². The van der Waals surface area contributed by atoms with Gasteiger partial charge in [-0.1, -0.05) is 42.5 Å². The van der Waals surface area contributed by atoms with E-state index < -0.39 is 21.9 Å². The van der Waals surface area contributed by atoms with Gasteiger partial charge >= 0.3 is 5.97 Å². The Bertz CT molecular complexity index is 1490. The number of amides is 1. The van der Waals surface area contributed by atoms with Crippen molar-refractivity contribution in [1.29, 1.82) is 0 Å². The first kappa shape index (κ1) is 24.5. The van der Waals surface area contributed by atoms with Gasteiger partial charge in [0.2, 0.25) is 0 Å². The highest BCUT2D eigenvalue weighted by atomic mass is 32.2. The molecule has 0 spiro atoms. The fraction of sp³-hybridized carbons (Fsp3) is 0.0370. The summed E-state index contributed by atoms with van der Waals surface area (Å²) in [5, 5.41) is 11.7. The lowest BCUT2D eigenvalue weighted by molar-refractivity contribution is 0.0696. The molecule has 8 nitrogen and oxygen atoms in total. The van der Waals surface area contributed by atoms with Crippen LogP contribution in [0.2, 0.25) is 0 Å². The van der Waals surface area contributed by atoms with Crippen molar-refractivity contribution in [2.75, 3.05) is 10.0 Å². The summed E-state index contributed by atoms with van der Waals surface area (Å²) in [6.07, 6.45) is 0. The standard InChI is InChI=1S/C27H22N2O6S/c30-26(28-23-10-4-9-21(16-23)27(31)32)20-8-5-11-25(17-20)36(33,34)29-22-12-14-24(15-13-22)35-18-19-6-2-1-3-7-19/h1-17,29H,18H2,(H,28,30)(H,31,32). The Morgan fingerprint density at radius 3 is 2.17 bits per heavy atom. The Kier molecular flexibility index (Phi) is 7.31. The number of sulfonamides is 1. The van der Waals surface area contributed by atoms with Crippen molar-refractivity contribution in [1.82, 2.24) is 0 Å². The third-order valence-corrected chi connectivity index (χ3v) is 6.51. The smallest absolute Gasteiger partial charge is 0.335 e. The molecule has 0 radical (unpaired) electrons. The number of carbonyl (C=O) groups excluding carboxylic acids is 1. The number of hydrogen-bond acceptors (Lipinski definition) is 5. The number of nitrogens with one attached hydrogen (secondary N) is 2. The van der Waals surface area contributed by atoms with E-state index in [2.05, 4.69) is 10.0 Å². The molecule has 9 heteroatoms. The van der Waals surface area contributed by atoms with Crippen LogP contribution in [-0.4, -0.2) is 25.4 Å². The molecule has 0 aliphatic rings. The molecule has 4 rings (SSSR count). The van der Waals surface area contributed by atoms with Crippen LogP contribution < -0.4 is 14.8 Å². The summed E-state index contributed by atoms with van der Waals surface area (Å²) >= 11 is 0. The molecule has 0 atom stereocenters. The third-order valence-electron chi connectivity index (χ3n) is 5.13. The van der Waals surface area contributed by atoms with Crippen molar-refractivity contribution < 1.29 is 27.9 Å². The molecule has 0 unspecified atom stereocenters. The first-order valence-electron chi connectivity index (χ1n) is 10.8. The van der Waals surface area contributed by atoms with Gasteiger partial charge in [0.25, 0.3) is 15.9 Å². The number of rotatable bonds is 9. The Morgan fingerprint density at radius 2 is 1.44 bits per heavy atom. The van der Waals surface area contributed by atoms with E-state index in [9.17, 15) is 18.0 Å². The highest BCUT2D eigenvalue weighted by Crippen LogP contribution is 2.21. The second-order valence-corrected chi connectivity index (χ2v) is 9.45. The zero-order chi connectivity index (χ0) is 25.5. The van der Waals surface area contributed by atoms with Crippen LogP contribution in [-0.2, 0) is 16.6 Å². The van der Waals surface area contributed by atoms with Crippen molar-refractivity contribution in [2.45, 2.75) is 11.5 Å². The van der Waals surface area contributed by atoms with Crippen molar-refractivity contribution >= 4 is 33.3 Å². The number of ether oxygens (including phenoxy) is 1. The largest absolute Gasteiger partial charge is 0.489 e. The van der Waals surface area contributed by atoms with E-state index in [-0.39, 0.29) is 21.7 Å². The highest BCUT2D eigenvalue weighted by molar-refractivity contribution is 7.92. The van der Waals surface area contributed by atoms with E-state index in [1.807, 2.05) is 30.3 Å². The van der Waals surface area contributed by atoms with E-state index in [1.54, 1.807) is 30.3 Å². The molecule has 0 heterocycles. The van der Waals surface area contributed by atoms with Crippen molar-refractivity contribution in [3.63, 3.8) is 0 Å². The fourth-order valence-electron chi connectivity index (χ4n) is 3.31. The number of hydrogen-bond donors (Lipinski definition) is 3. The number of anilines is 2. The minimum Gasteiger partial charge on any atom is -0.489 e. The van der Waals surface area contributed by atoms with Gasteiger partial charge in [-0.3, -0.25) is 9.52 Å². The maximum atomic E-state index is 12.9. The van der Waals surface area contributed by atoms with Crippen LogP contribution in [0.1, 0.15) is 26.3 Å². The van der Waals surface area contributed by atoms with Gasteiger partial charge in [-0.15, -0.1) is 0 Å². The molecular formula is C27H22N2O6S. The van der Waals surface area contributed by atoms with Crippen LogP contribution in [0.25, 0.3) is 0 Å². The van der Waals surface area contributed by atoms with Crippen LogP contribution in [0.4, 0.5) is 11.4 Å². The van der Waals surface area contributed by atoms with E-state index in [4.69, 9.17) is 9.84 Å². The normalized spacial score (nSPS) is 10.9. The SMILES string of the molecule is O=C(O)c1cccc(NC(=O)c2cccc(S(=O)(=O)Nc3ccc(OCc4ccccc4)cc3)c2)c1. The van der Waals surface area contributed by atoms with E-state index in [1.165, 1.54) is 42.5 Å². The van der Waals surface area contributed by atoms with Gasteiger partial charge in [-0.05, 0) is 66.2 Å². The molecule has 36 heavy (non-hydrogen) atoms. The Morgan fingerprint density at radius 1 is 0.750 bits per heavy atom. The summed E-state index contributed by atoms with van der Waals surface area (Å²) in [5.41, 5.74) is 1.75. The maximum Gasteiger partial charge on any atom is 0.335 e. The van der Waals surface area contributed by atoms with Crippen LogP contribution in [0.5, 0.6) is 5.75 Å². The molecular weight excluding hydrogens is 480 g/mol. The van der Waals surface area contributed by atoms with Gasteiger partial charge in [0.15, 0.2) is 0 Å². The van der Waals surface area contributed by atoms with Crippen molar-refractivity contribution in [3.05, 3.63) is 120 Å². The molecule has 0 aliphatic carbocycles. The number of carboxylic acids is 1. The lowest BCUT2D eigenvalue weighted by Gasteiger charge is -2.11. The quantitative estimate of drug-likeness (QED) is 0.296. The molecule has 1 amide bonds. The van der Waals surface area contributed by atoms with Gasteiger partial charge in [0.05, 0.1) is 10.5 Å². The molecule has 0 fully saturated rings. The Balaban J connectivity index is 1.42. The zero-order valence-corrected chi connectivity index (χ0v) is 19.7. The van der Waals surface area contributed by atoms with Crippen LogP contribution in [0.15, 0.2) is 108 Å². The van der Waals surface area contributed by atoms with Crippen LogP contribution in [0.3, 0.4) is 0 Å². The summed E-state index contributed by atoms with van der Waals surface area (Å²) in [7, 11) is -3.98. The second-order valence-electron chi connectivity index (χ2n) is 7.77. The summed E-state index contributed by atoms with van der Waals surface area (Å²) in [6, 6.07) is 27.5. The Hall–Kier alpha value is -4.63. The molecule has 0 saturated heterocycles. The lowest BCUT2D eigenvalue weighted by Crippen LogP contribution is -2.16. The lowest BCUT2D eigenvalue weighted by atomic mass is 10.2. The Labute approximate surface area is 208 Å². The van der Waals surface area contributed by atoms with E-state index in [0.717, 1.165) is 5.56 Å². The second kappa shape index (κ2) is 10.7. The van der Waals surface area contributed by atoms with Gasteiger partial charge in [-0.2, -0.15) is 0 Å². The minimum atomic E-state index is -3.98. The summed E-state index contributed by atoms with van der Waals surface area (Å²) < 4.78 is 34.0. The predicted octanol–water partition coefficient (Wildman–Crippen LogP) is 5.02. The van der Waals surface area contributed by atoms with Gasteiger partial charge < -0.3 is 15.2 Å². The van der Waals surface area contributed by atoms with Gasteiger partial charge in [-0.25, -0.2) is 13.2 Å². The van der Waals surface area contributed by atoms with Crippen LogP contribution >= 0.6 is 0 Å². The molecule has 0 aliphatic heterocycles. The van der Waals surface area contributed by atoms with Crippen molar-refractivity contribution in [2.24, 2.45) is 0 Å². The molecule has 0 aromatic heterocycles. The number of carboxylic acid groups (broad SMARTS) is 1. The summed E-state index contributed by atoms with van der Waals surface area (Å²) in [6.45, 7) is 0.390. The number of aromatic carboxylic acids is 1. The first-order chi connectivity index (χ1) is 17.3. The average molecular weight is 503 g/mol. The summed E-state index contributed by atoms with van der Waals surface area (Å²) in [4.78, 5) is 23.7. The first-order valence-corrected chi connectivity index (χ1v) is 12.3. The number of carbonyl (C=O) groups is 2.